The number of aliphatic carboxylic acids is 1. The summed E-state index contributed by atoms with van der Waals surface area (Å²) in [6, 6.07) is -3.30. The van der Waals surface area contributed by atoms with Crippen LogP contribution in [0.4, 0.5) is 0 Å². The van der Waals surface area contributed by atoms with Gasteiger partial charge >= 0.3 is 5.97 Å². The number of carboxylic acid groups (broad SMARTS) is 1. The van der Waals surface area contributed by atoms with Gasteiger partial charge in [-0.2, -0.15) is 11.8 Å². The Morgan fingerprint density at radius 2 is 1.90 bits per heavy atom. The number of hydrogen-bond donors (Lipinski definition) is 5. The van der Waals surface area contributed by atoms with Gasteiger partial charge < -0.3 is 32.1 Å². The highest BCUT2D eigenvalue weighted by Gasteiger charge is 2.37. The molecule has 1 aliphatic rings. The van der Waals surface area contributed by atoms with Crippen molar-refractivity contribution < 1.29 is 24.3 Å². The van der Waals surface area contributed by atoms with Crippen LogP contribution in [0.2, 0.25) is 0 Å². The maximum absolute atomic E-state index is 12.8. The van der Waals surface area contributed by atoms with Crippen LogP contribution in [0.15, 0.2) is 0 Å². The molecule has 10 nitrogen and oxygen atoms in total. The largest absolute Gasteiger partial charge is 0.480 e. The Labute approximate surface area is 181 Å². The molecule has 0 spiro atoms. The third-order valence-corrected chi connectivity index (χ3v) is 5.74. The quantitative estimate of drug-likeness (QED) is 0.231. The van der Waals surface area contributed by atoms with E-state index in [1.165, 1.54) is 16.7 Å². The number of nitrogens with one attached hydrogen (secondary N) is 2. The van der Waals surface area contributed by atoms with Crippen LogP contribution in [0.25, 0.3) is 0 Å². The van der Waals surface area contributed by atoms with Gasteiger partial charge in [-0.05, 0) is 57.6 Å². The highest BCUT2D eigenvalue weighted by molar-refractivity contribution is 7.98. The summed E-state index contributed by atoms with van der Waals surface area (Å²) in [4.78, 5) is 50.5. The number of likely N-dealkylation sites (tertiary alicyclic amines) is 1. The van der Waals surface area contributed by atoms with Crippen molar-refractivity contribution in [1.82, 2.24) is 15.5 Å². The van der Waals surface area contributed by atoms with E-state index in [-0.39, 0.29) is 5.91 Å². The molecule has 0 aromatic carbocycles. The fraction of sp³-hybridized carbons (Fsp3) is 0.789. The molecule has 1 rings (SSSR count). The number of rotatable bonds is 13. The monoisotopic (exact) mass is 445 g/mol. The molecule has 0 aromatic heterocycles. The van der Waals surface area contributed by atoms with Gasteiger partial charge in [0.25, 0.3) is 0 Å². The average molecular weight is 446 g/mol. The zero-order valence-electron chi connectivity index (χ0n) is 17.8. The van der Waals surface area contributed by atoms with Crippen molar-refractivity contribution in [3.63, 3.8) is 0 Å². The van der Waals surface area contributed by atoms with Gasteiger partial charge in [-0.15, -0.1) is 0 Å². The first-order chi connectivity index (χ1) is 14.2. The van der Waals surface area contributed by atoms with Crippen LogP contribution < -0.4 is 22.1 Å². The zero-order chi connectivity index (χ0) is 22.7. The molecular formula is C19H35N5O5S. The maximum Gasteiger partial charge on any atom is 0.326 e. The van der Waals surface area contributed by atoms with E-state index in [2.05, 4.69) is 10.6 Å². The predicted octanol–water partition coefficient (Wildman–Crippen LogP) is -0.739. The molecule has 1 fully saturated rings. The zero-order valence-corrected chi connectivity index (χ0v) is 18.6. The second kappa shape index (κ2) is 13.5. The Balaban J connectivity index is 2.66. The van der Waals surface area contributed by atoms with E-state index in [9.17, 15) is 24.3 Å². The number of thioether (sulfide) groups is 1. The molecule has 172 valence electrons. The summed E-state index contributed by atoms with van der Waals surface area (Å²) < 4.78 is 0. The number of nitrogens with zero attached hydrogens (tertiary/aromatic N) is 1. The number of amides is 3. The van der Waals surface area contributed by atoms with Gasteiger partial charge in [0.2, 0.25) is 17.7 Å². The van der Waals surface area contributed by atoms with E-state index in [0.717, 1.165) is 12.8 Å². The van der Waals surface area contributed by atoms with Gasteiger partial charge in [0.1, 0.15) is 18.1 Å². The number of carbonyl (C=O) groups is 4. The summed E-state index contributed by atoms with van der Waals surface area (Å²) in [6.07, 6.45) is 5.22. The van der Waals surface area contributed by atoms with E-state index in [1.54, 1.807) is 6.92 Å². The molecular weight excluding hydrogens is 410 g/mol. The van der Waals surface area contributed by atoms with E-state index >= 15 is 0 Å². The summed E-state index contributed by atoms with van der Waals surface area (Å²) in [5.41, 5.74) is 11.3. The van der Waals surface area contributed by atoms with Gasteiger partial charge in [0.15, 0.2) is 0 Å². The molecule has 0 bridgehead atoms. The van der Waals surface area contributed by atoms with E-state index in [0.29, 0.717) is 44.5 Å². The molecule has 3 amide bonds. The Morgan fingerprint density at radius 3 is 2.50 bits per heavy atom. The van der Waals surface area contributed by atoms with Gasteiger partial charge in [0.05, 0.1) is 6.04 Å². The molecule has 30 heavy (non-hydrogen) atoms. The Bertz CT molecular complexity index is 606. The summed E-state index contributed by atoms with van der Waals surface area (Å²) in [6.45, 7) is 2.46. The van der Waals surface area contributed by atoms with Crippen LogP contribution in [0.3, 0.4) is 0 Å². The van der Waals surface area contributed by atoms with E-state index in [4.69, 9.17) is 11.5 Å². The summed E-state index contributed by atoms with van der Waals surface area (Å²) in [5, 5.41) is 14.5. The molecule has 1 aliphatic heterocycles. The number of carboxylic acids is 1. The van der Waals surface area contributed by atoms with Crippen LogP contribution >= 0.6 is 11.8 Å². The molecule has 1 saturated heterocycles. The second-order valence-corrected chi connectivity index (χ2v) is 8.48. The SMILES string of the molecule is CSCCC(NC(=O)C1CCCN1C(=O)C(C)NC(=O)C(N)CCCCN)C(=O)O. The lowest BCUT2D eigenvalue weighted by atomic mass is 10.1. The highest BCUT2D eigenvalue weighted by Crippen LogP contribution is 2.19. The first kappa shape index (κ1) is 26.2. The standard InChI is InChI=1S/C19H35N5O5S/c1-12(22-16(25)13(21)6-3-4-9-20)18(27)24-10-5-7-15(24)17(26)23-14(19(28)29)8-11-30-2/h12-15H,3-11,20-21H2,1-2H3,(H,22,25)(H,23,26)(H,28,29). The third-order valence-electron chi connectivity index (χ3n) is 5.10. The number of nitrogens with two attached hydrogens (primary N) is 2. The van der Waals surface area contributed by atoms with Crippen LogP contribution in [0.1, 0.15) is 45.4 Å². The van der Waals surface area contributed by atoms with Gasteiger partial charge in [-0.1, -0.05) is 6.42 Å². The van der Waals surface area contributed by atoms with Crippen molar-refractivity contribution in [2.24, 2.45) is 11.5 Å². The molecule has 4 atom stereocenters. The van der Waals surface area contributed by atoms with Crippen LogP contribution in [-0.2, 0) is 19.2 Å². The number of carbonyl (C=O) groups excluding carboxylic acids is 3. The van der Waals surface area contributed by atoms with Crippen molar-refractivity contribution in [3.8, 4) is 0 Å². The Morgan fingerprint density at radius 1 is 1.20 bits per heavy atom. The molecule has 1 heterocycles. The van der Waals surface area contributed by atoms with Crippen molar-refractivity contribution in [1.29, 1.82) is 0 Å². The van der Waals surface area contributed by atoms with Crippen molar-refractivity contribution >= 4 is 35.5 Å². The van der Waals surface area contributed by atoms with E-state index in [1.807, 2.05) is 6.26 Å². The molecule has 0 radical (unpaired) electrons. The average Bonchev–Trinajstić information content (AvgIpc) is 3.19. The first-order valence-electron chi connectivity index (χ1n) is 10.3. The number of unbranched alkanes of at least 4 members (excludes halogenated alkanes) is 1. The topological polar surface area (TPSA) is 168 Å². The summed E-state index contributed by atoms with van der Waals surface area (Å²) in [7, 11) is 0. The lowest BCUT2D eigenvalue weighted by molar-refractivity contribution is -0.144. The minimum Gasteiger partial charge on any atom is -0.480 e. The minimum atomic E-state index is -1.10. The molecule has 0 aromatic rings. The normalized spacial score (nSPS) is 19.1. The second-order valence-electron chi connectivity index (χ2n) is 7.49. The fourth-order valence-corrected chi connectivity index (χ4v) is 3.81. The lowest BCUT2D eigenvalue weighted by Gasteiger charge is -2.28. The smallest absolute Gasteiger partial charge is 0.326 e. The number of hydrogen-bond acceptors (Lipinski definition) is 7. The summed E-state index contributed by atoms with van der Waals surface area (Å²) in [5.74, 6) is -1.79. The fourth-order valence-electron chi connectivity index (χ4n) is 3.33. The van der Waals surface area contributed by atoms with Crippen LogP contribution in [-0.4, -0.2) is 83.0 Å². The first-order valence-corrected chi connectivity index (χ1v) is 11.7. The molecule has 0 aliphatic carbocycles. The van der Waals surface area contributed by atoms with Crippen molar-refractivity contribution in [2.45, 2.75) is 69.6 Å². The van der Waals surface area contributed by atoms with E-state index < -0.39 is 42.0 Å². The molecule has 4 unspecified atom stereocenters. The lowest BCUT2D eigenvalue weighted by Crippen LogP contribution is -2.56. The van der Waals surface area contributed by atoms with Crippen LogP contribution in [0.5, 0.6) is 0 Å². The molecule has 0 saturated carbocycles. The Kier molecular flexibility index (Phi) is 11.7. The van der Waals surface area contributed by atoms with Gasteiger partial charge in [-0.3, -0.25) is 14.4 Å². The minimum absolute atomic E-state index is 0.303. The maximum atomic E-state index is 12.8. The van der Waals surface area contributed by atoms with Crippen molar-refractivity contribution in [2.75, 3.05) is 25.1 Å². The molecule has 11 heteroatoms. The van der Waals surface area contributed by atoms with Gasteiger partial charge in [-0.25, -0.2) is 4.79 Å². The highest BCUT2D eigenvalue weighted by atomic mass is 32.2. The van der Waals surface area contributed by atoms with Gasteiger partial charge in [0, 0.05) is 6.54 Å². The van der Waals surface area contributed by atoms with Crippen molar-refractivity contribution in [3.05, 3.63) is 0 Å². The third kappa shape index (κ3) is 8.11. The Hall–Kier alpha value is -1.85. The van der Waals surface area contributed by atoms with Crippen LogP contribution in [0, 0.1) is 0 Å². The summed E-state index contributed by atoms with van der Waals surface area (Å²) >= 11 is 1.49. The predicted molar refractivity (Wildman–Crippen MR) is 116 cm³/mol. The molecule has 7 N–H and O–H groups in total.